The van der Waals surface area contributed by atoms with Crippen LogP contribution in [0.5, 0.6) is 0 Å². The SMILES string of the molecule is CCCCCCCCOC(=O)c1ccccc1C(=O)OCCCCCCCC.[H-].[H-].[Mg+2].c1ccccc1. The fourth-order valence-corrected chi connectivity index (χ4v) is 3.47. The van der Waals surface area contributed by atoms with Crippen molar-refractivity contribution in [3.63, 3.8) is 0 Å². The Labute approximate surface area is 232 Å². The molecular formula is C30H46MgO4. The third-order valence-corrected chi connectivity index (χ3v) is 5.50. The number of benzene rings is 2. The number of carbonyl (C=O) groups is 2. The van der Waals surface area contributed by atoms with E-state index in [4.69, 9.17) is 9.47 Å². The normalized spacial score (nSPS) is 9.89. The first-order valence-electron chi connectivity index (χ1n) is 13.1. The maximum Gasteiger partial charge on any atom is 2.00 e. The van der Waals surface area contributed by atoms with Gasteiger partial charge in [0.15, 0.2) is 0 Å². The van der Waals surface area contributed by atoms with Crippen LogP contribution in [0.2, 0.25) is 0 Å². The van der Waals surface area contributed by atoms with Gasteiger partial charge in [0.25, 0.3) is 0 Å². The first-order chi connectivity index (χ1) is 16.7. The molecule has 35 heavy (non-hydrogen) atoms. The van der Waals surface area contributed by atoms with Gasteiger partial charge in [-0.1, -0.05) is 127 Å². The van der Waals surface area contributed by atoms with E-state index in [0.717, 1.165) is 25.7 Å². The molecule has 0 aromatic heterocycles. The van der Waals surface area contributed by atoms with E-state index in [1.165, 1.54) is 51.4 Å². The molecule has 0 saturated heterocycles. The molecule has 2 aromatic rings. The van der Waals surface area contributed by atoms with Crippen LogP contribution in [0, 0.1) is 0 Å². The number of rotatable bonds is 16. The standard InChI is InChI=1S/C24H38O4.C6H6.Mg.2H/c1-3-5-7-9-11-15-19-27-23(25)21-17-13-14-18-22(21)24(26)28-20-16-12-10-8-6-4-2;1-2-4-6-5-3-1;;;/h13-14,17-18H,3-12,15-16,19-20H2,1-2H3;1-6H;;;/q;;+2;2*-1. The van der Waals surface area contributed by atoms with Gasteiger partial charge in [0, 0.05) is 0 Å². The van der Waals surface area contributed by atoms with Gasteiger partial charge in [0.1, 0.15) is 0 Å². The zero-order valence-corrected chi connectivity index (χ0v) is 23.4. The molecule has 192 valence electrons. The van der Waals surface area contributed by atoms with Crippen molar-refractivity contribution in [3.05, 3.63) is 71.8 Å². The van der Waals surface area contributed by atoms with Gasteiger partial charge in [-0.2, -0.15) is 0 Å². The van der Waals surface area contributed by atoms with Gasteiger partial charge in [-0.3, -0.25) is 0 Å². The molecule has 0 heterocycles. The van der Waals surface area contributed by atoms with Crippen molar-refractivity contribution in [2.75, 3.05) is 13.2 Å². The van der Waals surface area contributed by atoms with Crippen LogP contribution in [0.4, 0.5) is 0 Å². The molecule has 0 fully saturated rings. The van der Waals surface area contributed by atoms with Gasteiger partial charge < -0.3 is 12.3 Å². The van der Waals surface area contributed by atoms with E-state index in [1.807, 2.05) is 36.4 Å². The van der Waals surface area contributed by atoms with Gasteiger partial charge in [0.05, 0.1) is 24.3 Å². The van der Waals surface area contributed by atoms with Crippen molar-refractivity contribution in [3.8, 4) is 0 Å². The molecule has 0 spiro atoms. The van der Waals surface area contributed by atoms with E-state index < -0.39 is 11.9 Å². The topological polar surface area (TPSA) is 52.6 Å². The van der Waals surface area contributed by atoms with Crippen LogP contribution in [-0.4, -0.2) is 48.2 Å². The minimum Gasteiger partial charge on any atom is -1.00 e. The zero-order chi connectivity index (χ0) is 24.7. The van der Waals surface area contributed by atoms with Crippen LogP contribution in [0.3, 0.4) is 0 Å². The summed E-state index contributed by atoms with van der Waals surface area (Å²) in [5.41, 5.74) is 0.586. The molecule has 0 atom stereocenters. The molecule has 2 rings (SSSR count). The molecular weight excluding hydrogens is 449 g/mol. The summed E-state index contributed by atoms with van der Waals surface area (Å²) in [7, 11) is 0. The van der Waals surface area contributed by atoms with Crippen molar-refractivity contribution in [1.82, 2.24) is 0 Å². The summed E-state index contributed by atoms with van der Waals surface area (Å²) in [5, 5.41) is 0. The summed E-state index contributed by atoms with van der Waals surface area (Å²) in [6.45, 7) is 5.17. The second kappa shape index (κ2) is 23.9. The minimum atomic E-state index is -0.444. The van der Waals surface area contributed by atoms with Crippen LogP contribution in [0.25, 0.3) is 0 Å². The number of ether oxygens (including phenoxy) is 2. The Morgan fingerprint density at radius 3 is 1.20 bits per heavy atom. The minimum absolute atomic E-state index is 0. The van der Waals surface area contributed by atoms with E-state index in [9.17, 15) is 9.59 Å². The number of hydrogen-bond donors (Lipinski definition) is 0. The maximum absolute atomic E-state index is 12.4. The molecule has 0 unspecified atom stereocenters. The number of unbranched alkanes of at least 4 members (excludes halogenated alkanes) is 10. The first-order valence-corrected chi connectivity index (χ1v) is 13.1. The molecule has 0 N–H and O–H groups in total. The van der Waals surface area contributed by atoms with Gasteiger partial charge in [0.2, 0.25) is 0 Å². The molecule has 0 radical (unpaired) electrons. The van der Waals surface area contributed by atoms with Crippen molar-refractivity contribution in [2.45, 2.75) is 90.9 Å². The Hall–Kier alpha value is -1.85. The van der Waals surface area contributed by atoms with Crippen molar-refractivity contribution >= 4 is 35.0 Å². The molecule has 0 aliphatic heterocycles. The first kappa shape index (κ1) is 33.1. The fourth-order valence-electron chi connectivity index (χ4n) is 3.47. The molecule has 2 aromatic carbocycles. The maximum atomic E-state index is 12.4. The molecule has 0 aliphatic carbocycles. The molecule has 5 heteroatoms. The Kier molecular flexibility index (Phi) is 22.6. The van der Waals surface area contributed by atoms with Gasteiger partial charge >= 0.3 is 35.0 Å². The second-order valence-corrected chi connectivity index (χ2v) is 8.51. The fraction of sp³-hybridized carbons (Fsp3) is 0.533. The van der Waals surface area contributed by atoms with Crippen molar-refractivity contribution < 1.29 is 21.9 Å². The van der Waals surface area contributed by atoms with Crippen LogP contribution in [0.15, 0.2) is 60.7 Å². The molecule has 0 saturated carbocycles. The number of carbonyl (C=O) groups excluding carboxylic acids is 2. The van der Waals surface area contributed by atoms with Crippen LogP contribution < -0.4 is 0 Å². The Morgan fingerprint density at radius 2 is 0.857 bits per heavy atom. The van der Waals surface area contributed by atoms with E-state index in [1.54, 1.807) is 24.3 Å². The quantitative estimate of drug-likeness (QED) is 0.134. The van der Waals surface area contributed by atoms with Gasteiger partial charge in [-0.05, 0) is 25.0 Å². The van der Waals surface area contributed by atoms with Crippen molar-refractivity contribution in [1.29, 1.82) is 0 Å². The average molecular weight is 495 g/mol. The summed E-state index contributed by atoms with van der Waals surface area (Å²) < 4.78 is 10.7. The Morgan fingerprint density at radius 1 is 0.543 bits per heavy atom. The van der Waals surface area contributed by atoms with Crippen LogP contribution in [-0.2, 0) is 9.47 Å². The molecule has 0 bridgehead atoms. The monoisotopic (exact) mass is 494 g/mol. The third kappa shape index (κ3) is 17.3. The van der Waals surface area contributed by atoms with Crippen LogP contribution >= 0.6 is 0 Å². The largest absolute Gasteiger partial charge is 2.00 e. The third-order valence-electron chi connectivity index (χ3n) is 5.50. The summed E-state index contributed by atoms with van der Waals surface area (Å²) in [6.07, 6.45) is 13.6. The van der Waals surface area contributed by atoms with E-state index in [2.05, 4.69) is 13.8 Å². The molecule has 4 nitrogen and oxygen atoms in total. The molecule has 0 aliphatic rings. The average Bonchev–Trinajstić information content (AvgIpc) is 2.88. The smallest absolute Gasteiger partial charge is 1.00 e. The number of esters is 2. The number of hydrogen-bond acceptors (Lipinski definition) is 4. The van der Waals surface area contributed by atoms with Crippen molar-refractivity contribution in [2.24, 2.45) is 0 Å². The zero-order valence-electron chi connectivity index (χ0n) is 24.0. The summed E-state index contributed by atoms with van der Waals surface area (Å²) in [4.78, 5) is 24.7. The van der Waals surface area contributed by atoms with Gasteiger partial charge in [-0.15, -0.1) is 0 Å². The Balaban J connectivity index is -0.00000112. The second-order valence-electron chi connectivity index (χ2n) is 8.51. The van der Waals surface area contributed by atoms with Gasteiger partial charge in [-0.25, -0.2) is 9.59 Å². The summed E-state index contributed by atoms with van der Waals surface area (Å²) in [6, 6.07) is 18.7. The van der Waals surface area contributed by atoms with Crippen LogP contribution in [0.1, 0.15) is 114 Å². The summed E-state index contributed by atoms with van der Waals surface area (Å²) in [5.74, 6) is -0.888. The van der Waals surface area contributed by atoms with E-state index in [-0.39, 0.29) is 25.9 Å². The van der Waals surface area contributed by atoms with E-state index >= 15 is 0 Å². The summed E-state index contributed by atoms with van der Waals surface area (Å²) >= 11 is 0. The predicted octanol–water partition coefficient (Wildman–Crippen LogP) is 8.25. The van der Waals surface area contributed by atoms with E-state index in [0.29, 0.717) is 24.3 Å². The Bertz CT molecular complexity index is 699. The predicted molar refractivity (Wildman–Crippen MR) is 148 cm³/mol. The molecule has 0 amide bonds.